The predicted octanol–water partition coefficient (Wildman–Crippen LogP) is 3.48. The van der Waals surface area contributed by atoms with Gasteiger partial charge in [0.1, 0.15) is 5.82 Å². The van der Waals surface area contributed by atoms with Crippen LogP contribution in [0.2, 0.25) is 0 Å². The summed E-state index contributed by atoms with van der Waals surface area (Å²) in [5, 5.41) is 1.96. The van der Waals surface area contributed by atoms with E-state index < -0.39 is 5.82 Å². The highest BCUT2D eigenvalue weighted by Gasteiger charge is 2.19. The fourth-order valence-corrected chi connectivity index (χ4v) is 2.73. The Balaban J connectivity index is 2.20. The van der Waals surface area contributed by atoms with Crippen LogP contribution in [0.3, 0.4) is 0 Å². The van der Waals surface area contributed by atoms with E-state index in [9.17, 15) is 9.18 Å². The zero-order chi connectivity index (χ0) is 15.2. The third-order valence-electron chi connectivity index (χ3n) is 3.13. The summed E-state index contributed by atoms with van der Waals surface area (Å²) in [6.07, 6.45) is 0. The maximum absolute atomic E-state index is 14.0. The molecule has 0 aliphatic rings. The lowest BCUT2D eigenvalue weighted by Crippen LogP contribution is -2.33. The summed E-state index contributed by atoms with van der Waals surface area (Å²) in [7, 11) is 1.58. The number of amides is 1. The van der Waals surface area contributed by atoms with E-state index in [1.54, 1.807) is 42.4 Å². The van der Waals surface area contributed by atoms with Gasteiger partial charge in [-0.1, -0.05) is 12.1 Å². The standard InChI is InChI=1S/C16H18FNO2S/c1-12-5-6-14(15(17)10-12)16(19)18(7-8-20-2)11-13-4-3-9-21-13/h3-6,9-10H,7-8,11H2,1-2H3. The smallest absolute Gasteiger partial charge is 0.257 e. The van der Waals surface area contributed by atoms with E-state index in [1.807, 2.05) is 17.5 Å². The Hall–Kier alpha value is -1.72. The van der Waals surface area contributed by atoms with Crippen molar-refractivity contribution in [2.45, 2.75) is 13.5 Å². The Bertz CT molecular complexity index is 598. The van der Waals surface area contributed by atoms with Crippen LogP contribution in [0.15, 0.2) is 35.7 Å². The molecule has 1 aromatic heterocycles. The minimum absolute atomic E-state index is 0.105. The molecule has 2 aromatic rings. The first kappa shape index (κ1) is 15.7. The first-order valence-electron chi connectivity index (χ1n) is 6.68. The number of halogens is 1. The average molecular weight is 307 g/mol. The molecule has 5 heteroatoms. The minimum atomic E-state index is -0.478. The number of ether oxygens (including phenoxy) is 1. The number of hydrogen-bond acceptors (Lipinski definition) is 3. The lowest BCUT2D eigenvalue weighted by molar-refractivity contribution is 0.0678. The predicted molar refractivity (Wildman–Crippen MR) is 82.1 cm³/mol. The molecular weight excluding hydrogens is 289 g/mol. The van der Waals surface area contributed by atoms with Crippen molar-refractivity contribution in [1.29, 1.82) is 0 Å². The van der Waals surface area contributed by atoms with Gasteiger partial charge in [0.05, 0.1) is 18.7 Å². The molecule has 0 aliphatic carbocycles. The maximum Gasteiger partial charge on any atom is 0.257 e. The van der Waals surface area contributed by atoms with Crippen molar-refractivity contribution >= 4 is 17.2 Å². The fourth-order valence-electron chi connectivity index (χ4n) is 2.01. The van der Waals surface area contributed by atoms with E-state index >= 15 is 0 Å². The van der Waals surface area contributed by atoms with Crippen LogP contribution in [0, 0.1) is 12.7 Å². The zero-order valence-electron chi connectivity index (χ0n) is 12.1. The molecule has 2 rings (SSSR count). The van der Waals surface area contributed by atoms with Gasteiger partial charge in [-0.25, -0.2) is 4.39 Å². The van der Waals surface area contributed by atoms with Gasteiger partial charge in [-0.3, -0.25) is 4.79 Å². The summed E-state index contributed by atoms with van der Waals surface area (Å²) in [5.41, 5.74) is 0.902. The Morgan fingerprint density at radius 3 is 2.81 bits per heavy atom. The largest absolute Gasteiger partial charge is 0.383 e. The second kappa shape index (κ2) is 7.33. The molecular formula is C16H18FNO2S. The van der Waals surface area contributed by atoms with Gasteiger partial charge in [0, 0.05) is 18.5 Å². The second-order valence-electron chi connectivity index (χ2n) is 4.78. The van der Waals surface area contributed by atoms with Crippen LogP contribution in [0.5, 0.6) is 0 Å². The number of methoxy groups -OCH3 is 1. The quantitative estimate of drug-likeness (QED) is 0.817. The van der Waals surface area contributed by atoms with Crippen molar-refractivity contribution in [2.75, 3.05) is 20.3 Å². The van der Waals surface area contributed by atoms with E-state index in [-0.39, 0.29) is 11.5 Å². The summed E-state index contributed by atoms with van der Waals surface area (Å²) >= 11 is 1.58. The van der Waals surface area contributed by atoms with Crippen LogP contribution >= 0.6 is 11.3 Å². The topological polar surface area (TPSA) is 29.5 Å². The van der Waals surface area contributed by atoms with E-state index in [4.69, 9.17) is 4.74 Å². The van der Waals surface area contributed by atoms with Gasteiger partial charge < -0.3 is 9.64 Å². The minimum Gasteiger partial charge on any atom is -0.383 e. The number of nitrogens with zero attached hydrogens (tertiary/aromatic N) is 1. The van der Waals surface area contributed by atoms with Gasteiger partial charge in [-0.15, -0.1) is 11.3 Å². The molecule has 0 saturated heterocycles. The molecule has 1 amide bonds. The van der Waals surface area contributed by atoms with Gasteiger partial charge in [0.25, 0.3) is 5.91 Å². The van der Waals surface area contributed by atoms with Crippen molar-refractivity contribution in [2.24, 2.45) is 0 Å². The molecule has 0 radical (unpaired) electrons. The highest BCUT2D eigenvalue weighted by Crippen LogP contribution is 2.17. The summed E-state index contributed by atoms with van der Waals surface area (Å²) in [6, 6.07) is 8.57. The molecule has 3 nitrogen and oxygen atoms in total. The first-order chi connectivity index (χ1) is 10.1. The number of carbonyl (C=O) groups excluding carboxylic acids is 1. The molecule has 0 N–H and O–H groups in total. The van der Waals surface area contributed by atoms with E-state index in [2.05, 4.69) is 0 Å². The molecule has 0 saturated carbocycles. The molecule has 112 valence electrons. The summed E-state index contributed by atoms with van der Waals surface area (Å²) < 4.78 is 19.0. The van der Waals surface area contributed by atoms with E-state index in [0.717, 1.165) is 10.4 Å². The molecule has 0 spiro atoms. The Kier molecular flexibility index (Phi) is 5.47. The number of aryl methyl sites for hydroxylation is 1. The summed E-state index contributed by atoms with van der Waals surface area (Å²) in [6.45, 7) is 3.12. The van der Waals surface area contributed by atoms with Crippen LogP contribution in [0.4, 0.5) is 4.39 Å². The van der Waals surface area contributed by atoms with Crippen LogP contribution in [-0.2, 0) is 11.3 Å². The molecule has 0 fully saturated rings. The van der Waals surface area contributed by atoms with Gasteiger partial charge in [-0.2, -0.15) is 0 Å². The lowest BCUT2D eigenvalue weighted by Gasteiger charge is -2.22. The Morgan fingerprint density at radius 2 is 2.19 bits per heavy atom. The summed E-state index contributed by atoms with van der Waals surface area (Å²) in [5.74, 6) is -0.786. The van der Waals surface area contributed by atoms with Crippen LogP contribution in [0.25, 0.3) is 0 Å². The van der Waals surface area contributed by atoms with Gasteiger partial charge >= 0.3 is 0 Å². The van der Waals surface area contributed by atoms with Gasteiger partial charge in [0.15, 0.2) is 0 Å². The van der Waals surface area contributed by atoms with Crippen LogP contribution < -0.4 is 0 Å². The van der Waals surface area contributed by atoms with Crippen molar-refractivity contribution in [1.82, 2.24) is 4.90 Å². The highest BCUT2D eigenvalue weighted by atomic mass is 32.1. The molecule has 0 atom stereocenters. The highest BCUT2D eigenvalue weighted by molar-refractivity contribution is 7.09. The Morgan fingerprint density at radius 1 is 1.38 bits per heavy atom. The second-order valence-corrected chi connectivity index (χ2v) is 5.81. The SMILES string of the molecule is COCCN(Cc1cccs1)C(=O)c1ccc(C)cc1F. The Labute approximate surface area is 128 Å². The van der Waals surface area contributed by atoms with E-state index in [0.29, 0.717) is 19.7 Å². The van der Waals surface area contributed by atoms with Crippen molar-refractivity contribution in [3.63, 3.8) is 0 Å². The van der Waals surface area contributed by atoms with Gasteiger partial charge in [-0.05, 0) is 36.1 Å². The van der Waals surface area contributed by atoms with Gasteiger partial charge in [0.2, 0.25) is 0 Å². The monoisotopic (exact) mass is 307 g/mol. The van der Waals surface area contributed by atoms with E-state index in [1.165, 1.54) is 6.07 Å². The molecule has 0 bridgehead atoms. The average Bonchev–Trinajstić information content (AvgIpc) is 2.95. The van der Waals surface area contributed by atoms with Crippen LogP contribution in [-0.4, -0.2) is 31.1 Å². The van der Waals surface area contributed by atoms with Crippen LogP contribution in [0.1, 0.15) is 20.8 Å². The number of hydrogen-bond donors (Lipinski definition) is 0. The molecule has 0 aliphatic heterocycles. The molecule has 1 aromatic carbocycles. The maximum atomic E-state index is 14.0. The molecule has 1 heterocycles. The number of benzene rings is 1. The first-order valence-corrected chi connectivity index (χ1v) is 7.56. The third kappa shape index (κ3) is 4.12. The zero-order valence-corrected chi connectivity index (χ0v) is 13.0. The number of rotatable bonds is 6. The third-order valence-corrected chi connectivity index (χ3v) is 4.00. The normalized spacial score (nSPS) is 10.6. The fraction of sp³-hybridized carbons (Fsp3) is 0.312. The van der Waals surface area contributed by atoms with Crippen molar-refractivity contribution in [3.05, 3.63) is 57.5 Å². The van der Waals surface area contributed by atoms with Crippen molar-refractivity contribution < 1.29 is 13.9 Å². The lowest BCUT2D eigenvalue weighted by atomic mass is 10.1. The number of carbonyl (C=O) groups is 1. The van der Waals surface area contributed by atoms with Crippen molar-refractivity contribution in [3.8, 4) is 0 Å². The molecule has 0 unspecified atom stereocenters. The molecule has 21 heavy (non-hydrogen) atoms. The number of thiophene rings is 1. The summed E-state index contributed by atoms with van der Waals surface area (Å²) in [4.78, 5) is 15.2.